The van der Waals surface area contributed by atoms with E-state index in [1.807, 2.05) is 25.1 Å². The molecule has 6 nitrogen and oxygen atoms in total. The van der Waals surface area contributed by atoms with Crippen LogP contribution in [0.4, 0.5) is 4.39 Å². The number of aromatic nitrogens is 1. The Bertz CT molecular complexity index is 1020. The standard InChI is InChI=1S/C20H21FN4O2/c1-12-10-16-18(20(26)25(12)9-8-24(2)3)17(14(11-22)19(23)27-16)13-6-4-5-7-15(13)21/h4-7,10,17H,8-9,23H2,1-3H3. The first-order chi connectivity index (χ1) is 12.8. The van der Waals surface area contributed by atoms with E-state index in [9.17, 15) is 14.4 Å². The highest BCUT2D eigenvalue weighted by Gasteiger charge is 2.35. The molecule has 0 amide bonds. The quantitative estimate of drug-likeness (QED) is 0.893. The number of nitrogens with two attached hydrogens (primary N) is 1. The second-order valence-corrected chi connectivity index (χ2v) is 6.77. The van der Waals surface area contributed by atoms with Crippen LogP contribution < -0.4 is 16.0 Å². The van der Waals surface area contributed by atoms with E-state index in [0.717, 1.165) is 0 Å². The number of rotatable bonds is 4. The van der Waals surface area contributed by atoms with Crippen molar-refractivity contribution in [3.05, 3.63) is 74.8 Å². The van der Waals surface area contributed by atoms with Gasteiger partial charge >= 0.3 is 0 Å². The maximum absolute atomic E-state index is 14.5. The van der Waals surface area contributed by atoms with E-state index < -0.39 is 11.7 Å². The van der Waals surface area contributed by atoms with Gasteiger partial charge in [-0.2, -0.15) is 5.26 Å². The molecule has 0 saturated heterocycles. The lowest BCUT2D eigenvalue weighted by Crippen LogP contribution is -2.34. The van der Waals surface area contributed by atoms with Crippen LogP contribution in [0.5, 0.6) is 5.75 Å². The normalized spacial score (nSPS) is 16.1. The molecule has 1 aromatic carbocycles. The van der Waals surface area contributed by atoms with E-state index in [0.29, 0.717) is 18.8 Å². The van der Waals surface area contributed by atoms with Crippen molar-refractivity contribution in [2.45, 2.75) is 19.4 Å². The van der Waals surface area contributed by atoms with Gasteiger partial charge in [-0.15, -0.1) is 0 Å². The van der Waals surface area contributed by atoms with Crippen molar-refractivity contribution >= 4 is 0 Å². The number of hydrogen-bond donors (Lipinski definition) is 1. The average molecular weight is 368 g/mol. The van der Waals surface area contributed by atoms with E-state index in [1.165, 1.54) is 6.07 Å². The summed E-state index contributed by atoms with van der Waals surface area (Å²) in [5.41, 5.74) is 6.81. The Balaban J connectivity index is 2.26. The summed E-state index contributed by atoms with van der Waals surface area (Å²) in [7, 11) is 3.84. The van der Waals surface area contributed by atoms with Crippen LogP contribution in [-0.4, -0.2) is 30.1 Å². The Labute approximate surface area is 156 Å². The van der Waals surface area contributed by atoms with Gasteiger partial charge in [0, 0.05) is 30.4 Å². The Morgan fingerprint density at radius 1 is 1.37 bits per heavy atom. The molecule has 0 spiro atoms. The molecule has 1 aliphatic heterocycles. The molecule has 0 bridgehead atoms. The molecule has 140 valence electrons. The van der Waals surface area contributed by atoms with Gasteiger partial charge in [0.25, 0.3) is 5.56 Å². The van der Waals surface area contributed by atoms with Crippen LogP contribution in [0.1, 0.15) is 22.7 Å². The summed E-state index contributed by atoms with van der Waals surface area (Å²) >= 11 is 0. The van der Waals surface area contributed by atoms with Gasteiger partial charge in [-0.3, -0.25) is 4.79 Å². The highest BCUT2D eigenvalue weighted by Crippen LogP contribution is 2.41. The molecule has 1 unspecified atom stereocenters. The van der Waals surface area contributed by atoms with Crippen LogP contribution in [0.15, 0.2) is 46.6 Å². The number of fused-ring (bicyclic) bond motifs is 1. The number of halogens is 1. The monoisotopic (exact) mass is 368 g/mol. The zero-order valence-electron chi connectivity index (χ0n) is 15.5. The first-order valence-electron chi connectivity index (χ1n) is 8.56. The number of hydrogen-bond acceptors (Lipinski definition) is 5. The second kappa shape index (κ2) is 7.25. The molecule has 1 atom stereocenters. The molecule has 1 aliphatic rings. The first-order valence-corrected chi connectivity index (χ1v) is 8.56. The highest BCUT2D eigenvalue weighted by molar-refractivity contribution is 5.55. The third-order valence-electron chi connectivity index (χ3n) is 4.68. The molecule has 2 heterocycles. The summed E-state index contributed by atoms with van der Waals surface area (Å²) in [5.74, 6) is -1.25. The molecule has 2 N–H and O–H groups in total. The molecular formula is C20H21FN4O2. The molecule has 0 fully saturated rings. The summed E-state index contributed by atoms with van der Waals surface area (Å²) in [4.78, 5) is 15.2. The van der Waals surface area contributed by atoms with Crippen LogP contribution in [-0.2, 0) is 6.54 Å². The van der Waals surface area contributed by atoms with E-state index >= 15 is 0 Å². The number of ether oxygens (including phenoxy) is 1. The van der Waals surface area contributed by atoms with Crippen molar-refractivity contribution in [2.75, 3.05) is 20.6 Å². The summed E-state index contributed by atoms with van der Waals surface area (Å²) in [6.07, 6.45) is 0. The van der Waals surface area contributed by atoms with Gasteiger partial charge in [0.05, 0.1) is 11.5 Å². The maximum Gasteiger partial charge on any atom is 0.258 e. The molecule has 7 heteroatoms. The summed E-state index contributed by atoms with van der Waals surface area (Å²) in [6, 6.07) is 9.78. The third kappa shape index (κ3) is 3.32. The Morgan fingerprint density at radius 3 is 2.70 bits per heavy atom. The fourth-order valence-corrected chi connectivity index (χ4v) is 3.28. The van der Waals surface area contributed by atoms with E-state index in [2.05, 4.69) is 0 Å². The number of aryl methyl sites for hydroxylation is 1. The zero-order chi connectivity index (χ0) is 19.7. The average Bonchev–Trinajstić information content (AvgIpc) is 2.60. The molecule has 0 aliphatic carbocycles. The number of pyridine rings is 1. The Kier molecular flexibility index (Phi) is 5.02. The van der Waals surface area contributed by atoms with Gasteiger partial charge in [0.15, 0.2) is 0 Å². The molecule has 3 rings (SSSR count). The lowest BCUT2D eigenvalue weighted by Gasteiger charge is -2.27. The van der Waals surface area contributed by atoms with Crippen LogP contribution in [0, 0.1) is 24.1 Å². The maximum atomic E-state index is 14.5. The van der Waals surface area contributed by atoms with Crippen molar-refractivity contribution in [2.24, 2.45) is 5.73 Å². The van der Waals surface area contributed by atoms with Gasteiger partial charge in [-0.25, -0.2) is 4.39 Å². The van der Waals surface area contributed by atoms with Crippen LogP contribution in [0.3, 0.4) is 0 Å². The third-order valence-corrected chi connectivity index (χ3v) is 4.68. The Hall–Kier alpha value is -3.11. The second-order valence-electron chi connectivity index (χ2n) is 6.77. The molecule has 2 aromatic rings. The summed E-state index contributed by atoms with van der Waals surface area (Å²) in [6.45, 7) is 2.93. The molecule has 1 aromatic heterocycles. The SMILES string of the molecule is Cc1cc2c(c(=O)n1CCN(C)C)C(c1ccccc1F)C(C#N)=C(N)O2. The minimum atomic E-state index is -0.904. The van der Waals surface area contributed by atoms with E-state index in [1.54, 1.807) is 35.8 Å². The van der Waals surface area contributed by atoms with Crippen LogP contribution in [0.2, 0.25) is 0 Å². The molecule has 0 saturated carbocycles. The highest BCUT2D eigenvalue weighted by atomic mass is 19.1. The van der Waals surface area contributed by atoms with Crippen LogP contribution >= 0.6 is 0 Å². The van der Waals surface area contributed by atoms with Crippen molar-refractivity contribution in [3.8, 4) is 11.8 Å². The van der Waals surface area contributed by atoms with Crippen molar-refractivity contribution in [1.82, 2.24) is 9.47 Å². The summed E-state index contributed by atoms with van der Waals surface area (Å²) in [5, 5.41) is 9.59. The number of nitriles is 1. The van der Waals surface area contributed by atoms with Crippen molar-refractivity contribution in [3.63, 3.8) is 0 Å². The number of allylic oxidation sites excluding steroid dienone is 1. The topological polar surface area (TPSA) is 84.3 Å². The molecule has 0 radical (unpaired) electrons. The number of nitrogens with zero attached hydrogens (tertiary/aromatic N) is 3. The first kappa shape index (κ1) is 18.7. The van der Waals surface area contributed by atoms with Gasteiger partial charge in [0.1, 0.15) is 23.2 Å². The lowest BCUT2D eigenvalue weighted by molar-refractivity contribution is 0.368. The lowest BCUT2D eigenvalue weighted by atomic mass is 9.83. The van der Waals surface area contributed by atoms with Crippen LogP contribution in [0.25, 0.3) is 0 Å². The van der Waals surface area contributed by atoms with Gasteiger partial charge < -0.3 is 19.9 Å². The predicted molar refractivity (Wildman–Crippen MR) is 99.7 cm³/mol. The molecule has 27 heavy (non-hydrogen) atoms. The smallest absolute Gasteiger partial charge is 0.258 e. The fraction of sp³-hybridized carbons (Fsp3) is 0.300. The summed E-state index contributed by atoms with van der Waals surface area (Å²) < 4.78 is 21.7. The number of benzene rings is 1. The van der Waals surface area contributed by atoms with Crippen molar-refractivity contribution in [1.29, 1.82) is 5.26 Å². The minimum Gasteiger partial charge on any atom is -0.440 e. The minimum absolute atomic E-state index is 0.0349. The predicted octanol–water partition coefficient (Wildman–Crippen LogP) is 2.08. The van der Waals surface area contributed by atoms with Gasteiger partial charge in [0.2, 0.25) is 5.88 Å². The number of likely N-dealkylation sites (N-methyl/N-ethyl adjacent to an activating group) is 1. The Morgan fingerprint density at radius 2 is 2.07 bits per heavy atom. The zero-order valence-corrected chi connectivity index (χ0v) is 15.5. The van der Waals surface area contributed by atoms with E-state index in [4.69, 9.17) is 10.5 Å². The largest absolute Gasteiger partial charge is 0.440 e. The molecular weight excluding hydrogens is 347 g/mol. The van der Waals surface area contributed by atoms with Crippen molar-refractivity contribution < 1.29 is 9.13 Å². The van der Waals surface area contributed by atoms with Gasteiger partial charge in [-0.1, -0.05) is 18.2 Å². The van der Waals surface area contributed by atoms with E-state index in [-0.39, 0.29) is 33.9 Å². The fourth-order valence-electron chi connectivity index (χ4n) is 3.28. The van der Waals surface area contributed by atoms with Gasteiger partial charge in [-0.05, 0) is 27.1 Å².